The van der Waals surface area contributed by atoms with Gasteiger partial charge in [0.05, 0.1) is 24.2 Å². The van der Waals surface area contributed by atoms with Crippen LogP contribution >= 0.6 is 0 Å². The molecule has 0 spiro atoms. The third kappa shape index (κ3) is 1.70. The molecule has 4 N–H and O–H groups in total. The number of carboxylic acid groups (broad SMARTS) is 1. The van der Waals surface area contributed by atoms with Gasteiger partial charge in [0.1, 0.15) is 0 Å². The number of hydrogen-bond donors (Lipinski definition) is 4. The average Bonchev–Trinajstić information content (AvgIpc) is 2.11. The fourth-order valence-electron chi connectivity index (χ4n) is 1.60. The zero-order valence-corrected chi connectivity index (χ0v) is 7.29. The summed E-state index contributed by atoms with van der Waals surface area (Å²) in [5.74, 6) is -2.54. The van der Waals surface area contributed by atoms with Crippen molar-refractivity contribution in [2.45, 2.75) is 30.7 Å². The van der Waals surface area contributed by atoms with Crippen LogP contribution in [0.3, 0.4) is 0 Å². The summed E-state index contributed by atoms with van der Waals surface area (Å²) in [7, 11) is 0. The smallest absolute Gasteiger partial charge is 0.335 e. The summed E-state index contributed by atoms with van der Waals surface area (Å²) in [4.78, 5) is 10.6. The van der Waals surface area contributed by atoms with E-state index in [0.29, 0.717) is 0 Å². The Morgan fingerprint density at radius 3 is 2.43 bits per heavy atom. The Hall–Kier alpha value is -1.16. The summed E-state index contributed by atoms with van der Waals surface area (Å²) in [5, 5.41) is 45.3. The molecule has 1 aliphatic carbocycles. The third-order valence-electron chi connectivity index (χ3n) is 2.47. The van der Waals surface area contributed by atoms with Gasteiger partial charge < -0.3 is 20.4 Å². The molecule has 1 fully saturated rings. The maximum Gasteiger partial charge on any atom is 0.335 e. The molecule has 0 aromatic heterocycles. The van der Waals surface area contributed by atoms with E-state index in [-0.39, 0.29) is 6.42 Å². The van der Waals surface area contributed by atoms with Crippen molar-refractivity contribution in [3.05, 3.63) is 0 Å². The minimum absolute atomic E-state index is 0.364. The van der Waals surface area contributed by atoms with E-state index in [2.05, 4.69) is 0 Å². The van der Waals surface area contributed by atoms with Gasteiger partial charge in [0.25, 0.3) is 0 Å². The van der Waals surface area contributed by atoms with Gasteiger partial charge in [-0.05, 0) is 0 Å². The summed E-state index contributed by atoms with van der Waals surface area (Å²) in [6, 6.07) is 1.66. The minimum atomic E-state index is -2.11. The van der Waals surface area contributed by atoms with Crippen LogP contribution in [-0.4, -0.2) is 44.2 Å². The number of carbonyl (C=O) groups is 1. The highest BCUT2D eigenvalue weighted by Gasteiger charge is 2.49. The highest BCUT2D eigenvalue weighted by molar-refractivity contribution is 5.77. The van der Waals surface area contributed by atoms with Gasteiger partial charge in [0, 0.05) is 12.8 Å². The lowest BCUT2D eigenvalue weighted by atomic mass is 9.75. The summed E-state index contributed by atoms with van der Waals surface area (Å²) in [6.45, 7) is 0. The van der Waals surface area contributed by atoms with Gasteiger partial charge in [-0.1, -0.05) is 0 Å². The highest BCUT2D eigenvalue weighted by Crippen LogP contribution is 2.32. The molecule has 0 aromatic carbocycles. The van der Waals surface area contributed by atoms with E-state index in [1.165, 1.54) is 0 Å². The molecule has 0 saturated heterocycles. The number of nitrogens with zero attached hydrogens (tertiary/aromatic N) is 1. The number of nitriles is 1. The van der Waals surface area contributed by atoms with Crippen molar-refractivity contribution in [1.82, 2.24) is 0 Å². The van der Waals surface area contributed by atoms with Gasteiger partial charge in [0.2, 0.25) is 0 Å². The largest absolute Gasteiger partial charge is 0.479 e. The molecule has 1 aliphatic rings. The second-order valence-corrected chi connectivity index (χ2v) is 3.54. The number of carboxylic acids is 1. The zero-order valence-electron chi connectivity index (χ0n) is 7.29. The van der Waals surface area contributed by atoms with Crippen LogP contribution < -0.4 is 0 Å². The summed E-state index contributed by atoms with van der Waals surface area (Å²) in [6.07, 6.45) is -3.49. The van der Waals surface area contributed by atoms with Crippen molar-refractivity contribution >= 4 is 5.97 Å². The molecule has 4 unspecified atom stereocenters. The van der Waals surface area contributed by atoms with Crippen LogP contribution in [0.25, 0.3) is 0 Å². The lowest BCUT2D eigenvalue weighted by Crippen LogP contribution is -2.53. The Morgan fingerprint density at radius 1 is 1.43 bits per heavy atom. The van der Waals surface area contributed by atoms with Crippen LogP contribution in [0.15, 0.2) is 0 Å². The molecule has 1 rings (SSSR count). The molecule has 0 heterocycles. The maximum atomic E-state index is 10.6. The van der Waals surface area contributed by atoms with Crippen molar-refractivity contribution < 1.29 is 25.2 Å². The van der Waals surface area contributed by atoms with E-state index in [1.54, 1.807) is 6.07 Å². The standard InChI is InChI=1S/C8H11NO5/c9-3-4-1-8(14,7(12)13)2-5(10)6(4)11/h4-6,10-11,14H,1-2H2,(H,12,13). The van der Waals surface area contributed by atoms with Crippen LogP contribution in [-0.2, 0) is 4.79 Å². The van der Waals surface area contributed by atoms with Crippen LogP contribution in [0.5, 0.6) is 0 Å². The predicted octanol–water partition coefficient (Wildman–Crippen LogP) is -1.54. The Bertz CT molecular complexity index is 286. The predicted molar refractivity (Wildman–Crippen MR) is 42.9 cm³/mol. The fourth-order valence-corrected chi connectivity index (χ4v) is 1.60. The molecule has 0 aromatic rings. The van der Waals surface area contributed by atoms with Crippen LogP contribution in [0.4, 0.5) is 0 Å². The van der Waals surface area contributed by atoms with Crippen molar-refractivity contribution in [2.75, 3.05) is 0 Å². The molecule has 0 aliphatic heterocycles. The number of aliphatic hydroxyl groups excluding tert-OH is 2. The Balaban J connectivity index is 2.88. The molecule has 0 radical (unpaired) electrons. The summed E-state index contributed by atoms with van der Waals surface area (Å²) < 4.78 is 0. The van der Waals surface area contributed by atoms with Crippen molar-refractivity contribution in [3.63, 3.8) is 0 Å². The van der Waals surface area contributed by atoms with E-state index in [9.17, 15) is 20.1 Å². The molecule has 1 saturated carbocycles. The first-order valence-electron chi connectivity index (χ1n) is 4.12. The van der Waals surface area contributed by atoms with E-state index in [0.717, 1.165) is 0 Å². The van der Waals surface area contributed by atoms with Gasteiger partial charge >= 0.3 is 5.97 Å². The number of aliphatic carboxylic acids is 1. The molecule has 78 valence electrons. The van der Waals surface area contributed by atoms with Gasteiger partial charge in [-0.25, -0.2) is 4.79 Å². The van der Waals surface area contributed by atoms with Gasteiger partial charge in [-0.3, -0.25) is 0 Å². The first kappa shape index (κ1) is 10.9. The normalized spacial score (nSPS) is 42.9. The molecule has 6 nitrogen and oxygen atoms in total. The van der Waals surface area contributed by atoms with Crippen molar-refractivity contribution in [2.24, 2.45) is 5.92 Å². The van der Waals surface area contributed by atoms with E-state index in [4.69, 9.17) is 10.4 Å². The fraction of sp³-hybridized carbons (Fsp3) is 0.750. The Labute approximate surface area is 80.0 Å². The number of rotatable bonds is 1. The number of aliphatic hydroxyl groups is 3. The first-order valence-corrected chi connectivity index (χ1v) is 4.12. The van der Waals surface area contributed by atoms with Crippen LogP contribution in [0.2, 0.25) is 0 Å². The second kappa shape index (κ2) is 3.53. The van der Waals surface area contributed by atoms with Crippen LogP contribution in [0.1, 0.15) is 12.8 Å². The van der Waals surface area contributed by atoms with Gasteiger partial charge in [0.15, 0.2) is 5.60 Å². The first-order chi connectivity index (χ1) is 6.40. The summed E-state index contributed by atoms with van der Waals surface area (Å²) in [5.41, 5.74) is -2.11. The van der Waals surface area contributed by atoms with Crippen molar-refractivity contribution in [1.29, 1.82) is 5.26 Å². The Kier molecular flexibility index (Phi) is 2.76. The van der Waals surface area contributed by atoms with E-state index >= 15 is 0 Å². The van der Waals surface area contributed by atoms with E-state index in [1.807, 2.05) is 0 Å². The quantitative estimate of drug-likeness (QED) is 0.407. The molecule has 0 amide bonds. The molecular formula is C8H11NO5. The number of hydrogen-bond acceptors (Lipinski definition) is 5. The average molecular weight is 201 g/mol. The lowest BCUT2D eigenvalue weighted by molar-refractivity contribution is -0.175. The monoisotopic (exact) mass is 201 g/mol. The van der Waals surface area contributed by atoms with Gasteiger partial charge in [-0.15, -0.1) is 0 Å². The minimum Gasteiger partial charge on any atom is -0.479 e. The maximum absolute atomic E-state index is 10.6. The molecular weight excluding hydrogens is 190 g/mol. The van der Waals surface area contributed by atoms with Crippen LogP contribution in [0, 0.1) is 17.2 Å². The SMILES string of the molecule is N#CC1CC(O)(C(=O)O)CC(O)C1O. The topological polar surface area (TPSA) is 122 Å². The molecule has 6 heteroatoms. The highest BCUT2D eigenvalue weighted by atomic mass is 16.4. The molecule has 14 heavy (non-hydrogen) atoms. The summed E-state index contributed by atoms with van der Waals surface area (Å²) >= 11 is 0. The zero-order chi connectivity index (χ0) is 10.9. The third-order valence-corrected chi connectivity index (χ3v) is 2.47. The van der Waals surface area contributed by atoms with Gasteiger partial charge in [-0.2, -0.15) is 5.26 Å². The lowest BCUT2D eigenvalue weighted by Gasteiger charge is -2.36. The Morgan fingerprint density at radius 2 is 2.00 bits per heavy atom. The molecule has 0 bridgehead atoms. The van der Waals surface area contributed by atoms with Crippen molar-refractivity contribution in [3.8, 4) is 6.07 Å². The molecule has 4 atom stereocenters. The van der Waals surface area contributed by atoms with E-state index < -0.39 is 36.1 Å². The second-order valence-electron chi connectivity index (χ2n) is 3.54.